The van der Waals surface area contributed by atoms with Gasteiger partial charge in [-0.25, -0.2) is 21.6 Å². The van der Waals surface area contributed by atoms with Crippen molar-refractivity contribution in [3.63, 3.8) is 0 Å². The molecule has 2 aromatic rings. The summed E-state index contributed by atoms with van der Waals surface area (Å²) in [6.07, 6.45) is 1.34. The molecule has 0 radical (unpaired) electrons. The number of thioether (sulfide) groups is 1. The summed E-state index contributed by atoms with van der Waals surface area (Å²) >= 11 is 1.72. The maximum absolute atomic E-state index is 12.7. The molecule has 1 amide bonds. The summed E-state index contributed by atoms with van der Waals surface area (Å²) in [5.74, 6) is 0.978. The van der Waals surface area contributed by atoms with Gasteiger partial charge in [-0.15, -0.1) is 0 Å². The number of hydrogen-bond donors (Lipinski definition) is 3. The molecule has 0 aliphatic carbocycles. The van der Waals surface area contributed by atoms with E-state index in [1.54, 1.807) is 36.0 Å². The van der Waals surface area contributed by atoms with E-state index in [-0.39, 0.29) is 22.9 Å². The molecule has 0 bridgehead atoms. The van der Waals surface area contributed by atoms with Gasteiger partial charge in [0.25, 0.3) is 5.91 Å². The fourth-order valence-electron chi connectivity index (χ4n) is 2.91. The van der Waals surface area contributed by atoms with Gasteiger partial charge in [0.2, 0.25) is 20.0 Å². The zero-order valence-corrected chi connectivity index (χ0v) is 18.9. The second kappa shape index (κ2) is 9.52. The highest BCUT2D eigenvalue weighted by Gasteiger charge is 2.27. The minimum Gasteiger partial charge on any atom is -0.356 e. The highest BCUT2D eigenvalue weighted by molar-refractivity contribution is 7.99. The smallest absolute Gasteiger partial charge is 0.268 e. The Bertz CT molecular complexity index is 1090. The van der Waals surface area contributed by atoms with Crippen LogP contribution in [0.2, 0.25) is 0 Å². The van der Waals surface area contributed by atoms with Gasteiger partial charge < -0.3 is 10.3 Å². The number of H-pyrrole nitrogens is 1. The average molecular weight is 473 g/mol. The van der Waals surface area contributed by atoms with E-state index in [4.69, 9.17) is 0 Å². The van der Waals surface area contributed by atoms with Crippen molar-refractivity contribution < 1.29 is 21.6 Å². The highest BCUT2D eigenvalue weighted by Crippen LogP contribution is 2.21. The normalized spacial score (nSPS) is 15.8. The standard InChI is InChI=1S/C18H24N4O5S3/c1-19-29(24,25)13-15-4-2-14(3-5-15)11-21-18(23)17-10-16(12-20-17)30(26,27)22-6-8-28-9-7-22/h2-5,10,12,19-20H,6-9,11,13H2,1H3,(H,21,23). The molecule has 0 saturated carbocycles. The Kier molecular flexibility index (Phi) is 7.24. The van der Waals surface area contributed by atoms with Crippen LogP contribution in [0.25, 0.3) is 0 Å². The molecule has 1 saturated heterocycles. The van der Waals surface area contributed by atoms with Gasteiger partial charge in [0.1, 0.15) is 10.6 Å². The molecular weight excluding hydrogens is 448 g/mol. The lowest BCUT2D eigenvalue weighted by atomic mass is 10.1. The SMILES string of the molecule is CNS(=O)(=O)Cc1ccc(CNC(=O)c2cc(S(=O)(=O)N3CCSCC3)c[nH]2)cc1. The molecule has 12 heteroatoms. The number of rotatable bonds is 8. The summed E-state index contributed by atoms with van der Waals surface area (Å²) in [6, 6.07) is 8.19. The summed E-state index contributed by atoms with van der Waals surface area (Å²) in [7, 11) is -5.59. The van der Waals surface area contributed by atoms with Crippen LogP contribution in [0.5, 0.6) is 0 Å². The fourth-order valence-corrected chi connectivity index (χ4v) is 6.26. The van der Waals surface area contributed by atoms with Gasteiger partial charge in [0.15, 0.2) is 0 Å². The molecule has 2 heterocycles. The van der Waals surface area contributed by atoms with E-state index in [0.717, 1.165) is 17.1 Å². The van der Waals surface area contributed by atoms with Crippen molar-refractivity contribution in [2.75, 3.05) is 31.6 Å². The predicted molar refractivity (Wildman–Crippen MR) is 116 cm³/mol. The van der Waals surface area contributed by atoms with E-state index in [1.807, 2.05) is 0 Å². The van der Waals surface area contributed by atoms with Gasteiger partial charge in [-0.05, 0) is 24.2 Å². The van der Waals surface area contributed by atoms with Crippen LogP contribution in [0.3, 0.4) is 0 Å². The number of sulfonamides is 2. The molecule has 0 atom stereocenters. The zero-order valence-electron chi connectivity index (χ0n) is 16.4. The lowest BCUT2D eigenvalue weighted by Gasteiger charge is -2.24. The van der Waals surface area contributed by atoms with Crippen molar-refractivity contribution in [2.45, 2.75) is 17.2 Å². The summed E-state index contributed by atoms with van der Waals surface area (Å²) in [5.41, 5.74) is 1.59. The first-order valence-electron chi connectivity index (χ1n) is 9.25. The van der Waals surface area contributed by atoms with E-state index in [2.05, 4.69) is 15.0 Å². The van der Waals surface area contributed by atoms with Gasteiger partial charge in [0.05, 0.1) is 5.75 Å². The van der Waals surface area contributed by atoms with E-state index < -0.39 is 26.0 Å². The number of nitrogens with zero attached hydrogens (tertiary/aromatic N) is 1. The van der Waals surface area contributed by atoms with Crippen molar-refractivity contribution in [1.29, 1.82) is 0 Å². The van der Waals surface area contributed by atoms with E-state index in [9.17, 15) is 21.6 Å². The summed E-state index contributed by atoms with van der Waals surface area (Å²) in [4.78, 5) is 15.2. The lowest BCUT2D eigenvalue weighted by Crippen LogP contribution is -2.37. The molecule has 1 aliphatic rings. The minimum atomic E-state index is -3.61. The monoisotopic (exact) mass is 472 g/mol. The fraction of sp³-hybridized carbons (Fsp3) is 0.389. The third kappa shape index (κ3) is 5.64. The van der Waals surface area contributed by atoms with Gasteiger partial charge in [0, 0.05) is 37.3 Å². The van der Waals surface area contributed by atoms with Crippen molar-refractivity contribution in [3.8, 4) is 0 Å². The van der Waals surface area contributed by atoms with E-state index >= 15 is 0 Å². The molecule has 1 aliphatic heterocycles. The Labute approximate surface area is 180 Å². The number of amides is 1. The molecule has 164 valence electrons. The van der Waals surface area contributed by atoms with Gasteiger partial charge >= 0.3 is 0 Å². The zero-order chi connectivity index (χ0) is 21.8. The molecule has 9 nitrogen and oxygen atoms in total. The summed E-state index contributed by atoms with van der Waals surface area (Å²) in [5, 5.41) is 2.73. The number of carbonyl (C=O) groups is 1. The van der Waals surface area contributed by atoms with Crippen LogP contribution < -0.4 is 10.0 Å². The number of aromatic amines is 1. The molecule has 0 spiro atoms. The van der Waals surface area contributed by atoms with Crippen LogP contribution >= 0.6 is 11.8 Å². The number of aromatic nitrogens is 1. The summed E-state index contributed by atoms with van der Waals surface area (Å²) in [6.45, 7) is 1.15. The minimum absolute atomic E-state index is 0.0784. The molecular formula is C18H24N4O5S3. The first kappa shape index (κ1) is 22.8. The lowest BCUT2D eigenvalue weighted by molar-refractivity contribution is 0.0946. The van der Waals surface area contributed by atoms with Crippen LogP contribution in [0.1, 0.15) is 21.6 Å². The van der Waals surface area contributed by atoms with Crippen LogP contribution in [0, 0.1) is 0 Å². The topological polar surface area (TPSA) is 128 Å². The predicted octanol–water partition coefficient (Wildman–Crippen LogP) is 0.731. The van der Waals surface area contributed by atoms with Crippen molar-refractivity contribution in [3.05, 3.63) is 53.3 Å². The van der Waals surface area contributed by atoms with Crippen LogP contribution in [0.15, 0.2) is 41.4 Å². The van der Waals surface area contributed by atoms with Crippen LogP contribution in [-0.2, 0) is 32.3 Å². The number of hydrogen-bond acceptors (Lipinski definition) is 6. The van der Waals surface area contributed by atoms with E-state index in [1.165, 1.54) is 23.6 Å². The summed E-state index contributed by atoms with van der Waals surface area (Å²) < 4.78 is 52.2. The Hall–Kier alpha value is -1.86. The van der Waals surface area contributed by atoms with Gasteiger partial charge in [-0.1, -0.05) is 24.3 Å². The quantitative estimate of drug-likeness (QED) is 0.520. The molecule has 1 aromatic carbocycles. The second-order valence-corrected chi connectivity index (χ2v) is 11.8. The molecule has 3 N–H and O–H groups in total. The highest BCUT2D eigenvalue weighted by atomic mass is 32.2. The molecule has 1 aromatic heterocycles. The Morgan fingerprint density at radius 2 is 1.73 bits per heavy atom. The molecule has 3 rings (SSSR count). The maximum Gasteiger partial charge on any atom is 0.268 e. The third-order valence-electron chi connectivity index (χ3n) is 4.65. The van der Waals surface area contributed by atoms with Crippen molar-refractivity contribution in [1.82, 2.24) is 19.3 Å². The van der Waals surface area contributed by atoms with Crippen molar-refractivity contribution >= 4 is 37.7 Å². The van der Waals surface area contributed by atoms with Gasteiger partial charge in [-0.2, -0.15) is 16.1 Å². The molecule has 1 fully saturated rings. The van der Waals surface area contributed by atoms with Crippen molar-refractivity contribution in [2.24, 2.45) is 0 Å². The largest absolute Gasteiger partial charge is 0.356 e. The maximum atomic E-state index is 12.7. The van der Waals surface area contributed by atoms with Gasteiger partial charge in [-0.3, -0.25) is 4.79 Å². The molecule has 30 heavy (non-hydrogen) atoms. The number of benzene rings is 1. The first-order chi connectivity index (χ1) is 14.2. The van der Waals surface area contributed by atoms with Crippen LogP contribution in [-0.4, -0.2) is 63.7 Å². The van der Waals surface area contributed by atoms with E-state index in [0.29, 0.717) is 18.7 Å². The average Bonchev–Trinajstić information content (AvgIpc) is 3.25. The second-order valence-electron chi connectivity index (χ2n) is 6.73. The third-order valence-corrected chi connectivity index (χ3v) is 8.81. The number of carbonyl (C=O) groups excluding carboxylic acids is 1. The van der Waals surface area contributed by atoms with Crippen LogP contribution in [0.4, 0.5) is 0 Å². The molecule has 0 unspecified atom stereocenters. The Morgan fingerprint density at radius 3 is 2.37 bits per heavy atom. The Balaban J connectivity index is 1.59. The number of nitrogens with one attached hydrogen (secondary N) is 3. The Morgan fingerprint density at radius 1 is 1.10 bits per heavy atom. The first-order valence-corrected chi connectivity index (χ1v) is 13.5.